The van der Waals surface area contributed by atoms with Crippen molar-refractivity contribution in [3.8, 4) is 0 Å². The first kappa shape index (κ1) is 16.0. The zero-order valence-electron chi connectivity index (χ0n) is 12.0. The van der Waals surface area contributed by atoms with Gasteiger partial charge < -0.3 is 10.6 Å². The molecule has 5 heteroatoms. The van der Waals surface area contributed by atoms with Crippen LogP contribution < -0.4 is 10.6 Å². The van der Waals surface area contributed by atoms with Gasteiger partial charge in [-0.2, -0.15) is 0 Å². The number of halogens is 1. The Labute approximate surface area is 134 Å². The molecule has 4 nitrogen and oxygen atoms in total. The molecule has 114 valence electrons. The molecule has 0 unspecified atom stereocenters. The Hall–Kier alpha value is -2.33. The van der Waals surface area contributed by atoms with Gasteiger partial charge >= 0.3 is 0 Å². The van der Waals surface area contributed by atoms with Gasteiger partial charge in [0.05, 0.1) is 6.54 Å². The number of para-hydroxylation sites is 1. The maximum Gasteiger partial charge on any atom is 0.243 e. The van der Waals surface area contributed by atoms with Crippen LogP contribution in [0.4, 0.5) is 5.69 Å². The van der Waals surface area contributed by atoms with E-state index in [0.717, 1.165) is 5.56 Å². The molecular weight excluding hydrogens is 300 g/mol. The van der Waals surface area contributed by atoms with Crippen molar-refractivity contribution in [3.63, 3.8) is 0 Å². The first-order chi connectivity index (χ1) is 10.6. The number of hydrogen-bond acceptors (Lipinski definition) is 2. The monoisotopic (exact) mass is 316 g/mol. The minimum Gasteiger partial charge on any atom is -0.347 e. The summed E-state index contributed by atoms with van der Waals surface area (Å²) in [5.41, 5.74) is 1.71. The third-order valence-electron chi connectivity index (χ3n) is 3.03. The van der Waals surface area contributed by atoms with Crippen LogP contribution in [-0.4, -0.2) is 18.4 Å². The zero-order valence-corrected chi connectivity index (χ0v) is 12.8. The van der Waals surface area contributed by atoms with Crippen molar-refractivity contribution >= 4 is 29.1 Å². The molecule has 2 N–H and O–H groups in total. The molecule has 0 radical (unpaired) electrons. The lowest BCUT2D eigenvalue weighted by atomic mass is 10.1. The highest BCUT2D eigenvalue weighted by Crippen LogP contribution is 2.12. The first-order valence-electron chi connectivity index (χ1n) is 6.99. The predicted octanol–water partition coefficient (Wildman–Crippen LogP) is 3.03. The Morgan fingerprint density at radius 2 is 1.73 bits per heavy atom. The molecule has 0 saturated carbocycles. The van der Waals surface area contributed by atoms with E-state index in [2.05, 4.69) is 10.6 Å². The summed E-state index contributed by atoms with van der Waals surface area (Å²) in [7, 11) is 0. The van der Waals surface area contributed by atoms with E-state index >= 15 is 0 Å². The largest absolute Gasteiger partial charge is 0.347 e. The van der Waals surface area contributed by atoms with Crippen molar-refractivity contribution < 1.29 is 9.59 Å². The van der Waals surface area contributed by atoms with Crippen LogP contribution in [0.1, 0.15) is 12.0 Å². The number of carbonyl (C=O) groups is 2. The topological polar surface area (TPSA) is 58.2 Å². The minimum absolute atomic E-state index is 0.0384. The zero-order chi connectivity index (χ0) is 15.8. The number of hydrogen-bond donors (Lipinski definition) is 2. The lowest BCUT2D eigenvalue weighted by Gasteiger charge is -2.07. The Morgan fingerprint density at radius 1 is 0.955 bits per heavy atom. The van der Waals surface area contributed by atoms with Gasteiger partial charge in [-0.1, -0.05) is 41.9 Å². The van der Waals surface area contributed by atoms with E-state index in [1.54, 1.807) is 18.2 Å². The third-order valence-corrected chi connectivity index (χ3v) is 3.27. The lowest BCUT2D eigenvalue weighted by molar-refractivity contribution is -0.124. The molecule has 0 aliphatic rings. The molecule has 2 aromatic rings. The second-order valence-corrected chi connectivity index (χ2v) is 5.26. The minimum atomic E-state index is -0.248. The summed E-state index contributed by atoms with van der Waals surface area (Å²) in [6, 6.07) is 16.5. The molecule has 0 heterocycles. The van der Waals surface area contributed by atoms with Crippen LogP contribution in [0, 0.1) is 0 Å². The molecule has 0 saturated heterocycles. The fourth-order valence-corrected chi connectivity index (χ4v) is 2.16. The van der Waals surface area contributed by atoms with Gasteiger partial charge in [0.15, 0.2) is 0 Å². The van der Waals surface area contributed by atoms with Crippen LogP contribution in [0.3, 0.4) is 0 Å². The van der Waals surface area contributed by atoms with Crippen LogP contribution in [0.2, 0.25) is 5.02 Å². The van der Waals surface area contributed by atoms with Gasteiger partial charge in [0.25, 0.3) is 0 Å². The molecule has 2 aromatic carbocycles. The van der Waals surface area contributed by atoms with Crippen molar-refractivity contribution in [2.24, 2.45) is 0 Å². The smallest absolute Gasteiger partial charge is 0.243 e. The highest BCUT2D eigenvalue weighted by molar-refractivity contribution is 6.30. The number of benzene rings is 2. The number of aryl methyl sites for hydroxylation is 1. The molecule has 2 rings (SSSR count). The Balaban J connectivity index is 1.70. The maximum atomic E-state index is 11.7. The van der Waals surface area contributed by atoms with E-state index < -0.39 is 0 Å². The number of amides is 2. The normalized spacial score (nSPS) is 10.0. The Morgan fingerprint density at radius 3 is 2.45 bits per heavy atom. The second-order valence-electron chi connectivity index (χ2n) is 4.82. The fraction of sp³-hybridized carbons (Fsp3) is 0.176. The summed E-state index contributed by atoms with van der Waals surface area (Å²) in [4.78, 5) is 23.4. The summed E-state index contributed by atoms with van der Waals surface area (Å²) < 4.78 is 0. The van der Waals surface area contributed by atoms with E-state index in [-0.39, 0.29) is 18.4 Å². The van der Waals surface area contributed by atoms with Crippen LogP contribution in [0.15, 0.2) is 54.6 Å². The molecule has 0 atom stereocenters. The molecule has 0 fully saturated rings. The van der Waals surface area contributed by atoms with Gasteiger partial charge in [-0.05, 0) is 36.2 Å². The SMILES string of the molecule is O=C(CCc1cccc(Cl)c1)NCC(=O)Nc1ccccc1. The Bertz CT molecular complexity index is 644. The summed E-state index contributed by atoms with van der Waals surface area (Å²) in [6.07, 6.45) is 0.908. The van der Waals surface area contributed by atoms with Crippen LogP contribution >= 0.6 is 11.6 Å². The number of nitrogens with one attached hydrogen (secondary N) is 2. The van der Waals surface area contributed by atoms with Gasteiger partial charge in [-0.25, -0.2) is 0 Å². The summed E-state index contributed by atoms with van der Waals surface area (Å²) in [5.74, 6) is -0.412. The number of anilines is 1. The van der Waals surface area contributed by atoms with E-state index in [1.807, 2.05) is 36.4 Å². The standard InChI is InChI=1S/C17H17ClN2O2/c18-14-6-4-5-13(11-14)9-10-16(21)19-12-17(22)20-15-7-2-1-3-8-15/h1-8,11H,9-10,12H2,(H,19,21)(H,20,22). The highest BCUT2D eigenvalue weighted by Gasteiger charge is 2.06. The summed E-state index contributed by atoms with van der Waals surface area (Å²) in [5, 5.41) is 5.96. The summed E-state index contributed by atoms with van der Waals surface area (Å²) in [6.45, 7) is -0.0384. The van der Waals surface area contributed by atoms with Crippen molar-refractivity contribution in [1.29, 1.82) is 0 Å². The van der Waals surface area contributed by atoms with Gasteiger partial charge in [0, 0.05) is 17.1 Å². The van der Waals surface area contributed by atoms with Gasteiger partial charge in [0.2, 0.25) is 11.8 Å². The third kappa shape index (κ3) is 5.58. The predicted molar refractivity (Wildman–Crippen MR) is 87.9 cm³/mol. The average molecular weight is 317 g/mol. The molecule has 0 aliphatic carbocycles. The second kappa shape index (κ2) is 8.20. The highest BCUT2D eigenvalue weighted by atomic mass is 35.5. The number of carbonyl (C=O) groups excluding carboxylic acids is 2. The van der Waals surface area contributed by atoms with E-state index in [0.29, 0.717) is 23.6 Å². The first-order valence-corrected chi connectivity index (χ1v) is 7.37. The van der Waals surface area contributed by atoms with Crippen LogP contribution in [0.5, 0.6) is 0 Å². The lowest BCUT2D eigenvalue weighted by Crippen LogP contribution is -2.32. The molecule has 0 bridgehead atoms. The molecule has 0 aromatic heterocycles. The Kier molecular flexibility index (Phi) is 5.98. The van der Waals surface area contributed by atoms with E-state index in [9.17, 15) is 9.59 Å². The van der Waals surface area contributed by atoms with Gasteiger partial charge in [0.1, 0.15) is 0 Å². The van der Waals surface area contributed by atoms with Gasteiger partial charge in [-0.15, -0.1) is 0 Å². The van der Waals surface area contributed by atoms with Gasteiger partial charge in [-0.3, -0.25) is 9.59 Å². The molecular formula is C17H17ClN2O2. The van der Waals surface area contributed by atoms with Crippen LogP contribution in [-0.2, 0) is 16.0 Å². The van der Waals surface area contributed by atoms with Crippen molar-refractivity contribution in [3.05, 3.63) is 65.2 Å². The van der Waals surface area contributed by atoms with E-state index in [4.69, 9.17) is 11.6 Å². The van der Waals surface area contributed by atoms with E-state index in [1.165, 1.54) is 0 Å². The van der Waals surface area contributed by atoms with Crippen molar-refractivity contribution in [2.45, 2.75) is 12.8 Å². The number of rotatable bonds is 6. The molecule has 0 aliphatic heterocycles. The van der Waals surface area contributed by atoms with Crippen LogP contribution in [0.25, 0.3) is 0 Å². The maximum absolute atomic E-state index is 11.7. The summed E-state index contributed by atoms with van der Waals surface area (Å²) >= 11 is 5.89. The molecule has 0 spiro atoms. The fourth-order valence-electron chi connectivity index (χ4n) is 1.94. The van der Waals surface area contributed by atoms with Crippen molar-refractivity contribution in [2.75, 3.05) is 11.9 Å². The average Bonchev–Trinajstić information content (AvgIpc) is 2.52. The quantitative estimate of drug-likeness (QED) is 0.860. The molecule has 22 heavy (non-hydrogen) atoms. The molecule has 2 amide bonds. The van der Waals surface area contributed by atoms with Crippen molar-refractivity contribution in [1.82, 2.24) is 5.32 Å².